The summed E-state index contributed by atoms with van der Waals surface area (Å²) in [5.41, 5.74) is 0.429. The van der Waals surface area contributed by atoms with E-state index in [4.69, 9.17) is 4.74 Å². The van der Waals surface area contributed by atoms with Crippen molar-refractivity contribution in [2.45, 2.75) is 83.3 Å². The number of benzene rings is 1. The average Bonchev–Trinajstić information content (AvgIpc) is 2.68. The second-order valence-corrected chi connectivity index (χ2v) is 12.7. The van der Waals surface area contributed by atoms with Crippen molar-refractivity contribution in [1.82, 2.24) is 4.72 Å². The summed E-state index contributed by atoms with van der Waals surface area (Å²) in [6.45, 7) is 10.5. The third-order valence-electron chi connectivity index (χ3n) is 6.38. The summed E-state index contributed by atoms with van der Waals surface area (Å²) in [4.78, 5) is 1.83. The maximum absolute atomic E-state index is 14.8. The van der Waals surface area contributed by atoms with E-state index in [0.29, 0.717) is 19.6 Å². The minimum atomic E-state index is -3.37. The molecule has 0 unspecified atom stereocenters. The lowest BCUT2D eigenvalue weighted by atomic mass is 9.86. The Morgan fingerprint density at radius 1 is 1.03 bits per heavy atom. The first kappa shape index (κ1) is 25.2. The number of sulfonamides is 1. The van der Waals surface area contributed by atoms with Gasteiger partial charge in [0, 0.05) is 25.7 Å². The van der Waals surface area contributed by atoms with Crippen LogP contribution in [0.2, 0.25) is 0 Å². The highest BCUT2D eigenvalue weighted by molar-refractivity contribution is 7.90. The predicted molar refractivity (Wildman–Crippen MR) is 125 cm³/mol. The van der Waals surface area contributed by atoms with Crippen molar-refractivity contribution in [2.24, 2.45) is 5.92 Å². The Bertz CT molecular complexity index is 886. The summed E-state index contributed by atoms with van der Waals surface area (Å²) in [7, 11) is -3.37. The first-order valence-electron chi connectivity index (χ1n) is 11.5. The van der Waals surface area contributed by atoms with Crippen molar-refractivity contribution in [3.63, 3.8) is 0 Å². The van der Waals surface area contributed by atoms with Crippen LogP contribution in [-0.4, -0.2) is 51.0 Å². The number of rotatable bonds is 6. The highest BCUT2D eigenvalue weighted by Crippen LogP contribution is 2.31. The largest absolute Gasteiger partial charge is 0.382 e. The number of nitrogens with zero attached hydrogens (tertiary/aromatic N) is 1. The van der Waals surface area contributed by atoms with Crippen molar-refractivity contribution in [3.8, 4) is 0 Å². The van der Waals surface area contributed by atoms with Crippen LogP contribution in [0.3, 0.4) is 0 Å². The zero-order chi connectivity index (χ0) is 23.7. The number of hydrogen-bond acceptors (Lipinski definition) is 5. The second-order valence-electron chi connectivity index (χ2n) is 10.3. The SMILES string of the molecule is C[C@@H]1CN(c2ccc(NC[C@H]3CC[C@H](NS(=O)(=O)C(C)(C)C)CC3)c(F)c2F)C[C@H](C)O1. The van der Waals surface area contributed by atoms with Crippen LogP contribution in [-0.2, 0) is 14.8 Å². The molecule has 0 spiro atoms. The molecule has 2 aliphatic rings. The number of morpholine rings is 1. The van der Waals surface area contributed by atoms with Crippen molar-refractivity contribution >= 4 is 21.4 Å². The van der Waals surface area contributed by atoms with Crippen LogP contribution in [0, 0.1) is 17.6 Å². The van der Waals surface area contributed by atoms with Gasteiger partial charge in [-0.2, -0.15) is 0 Å². The lowest BCUT2D eigenvalue weighted by Gasteiger charge is -2.37. The molecule has 1 aliphatic heterocycles. The van der Waals surface area contributed by atoms with E-state index in [0.717, 1.165) is 25.7 Å². The van der Waals surface area contributed by atoms with E-state index >= 15 is 0 Å². The molecule has 1 heterocycles. The molecule has 0 bridgehead atoms. The molecule has 182 valence electrons. The van der Waals surface area contributed by atoms with Gasteiger partial charge in [0.2, 0.25) is 10.0 Å². The Morgan fingerprint density at radius 2 is 1.62 bits per heavy atom. The van der Waals surface area contributed by atoms with E-state index in [2.05, 4.69) is 10.0 Å². The van der Waals surface area contributed by atoms with Crippen LogP contribution in [0.4, 0.5) is 20.2 Å². The Balaban J connectivity index is 1.54. The van der Waals surface area contributed by atoms with Crippen LogP contribution in [0.1, 0.15) is 60.3 Å². The monoisotopic (exact) mass is 473 g/mol. The van der Waals surface area contributed by atoms with Gasteiger partial charge in [-0.1, -0.05) is 0 Å². The summed E-state index contributed by atoms with van der Waals surface area (Å²) in [5.74, 6) is -1.41. The quantitative estimate of drug-likeness (QED) is 0.646. The maximum Gasteiger partial charge on any atom is 0.216 e. The van der Waals surface area contributed by atoms with Gasteiger partial charge in [0.1, 0.15) is 0 Å². The van der Waals surface area contributed by atoms with Crippen LogP contribution in [0.25, 0.3) is 0 Å². The van der Waals surface area contributed by atoms with E-state index in [1.807, 2.05) is 18.7 Å². The summed E-state index contributed by atoms with van der Waals surface area (Å²) in [5, 5.41) is 3.06. The van der Waals surface area contributed by atoms with Gasteiger partial charge in [-0.05, 0) is 78.4 Å². The third kappa shape index (κ3) is 5.91. The zero-order valence-corrected chi connectivity index (χ0v) is 20.6. The molecule has 1 aliphatic carbocycles. The molecule has 0 amide bonds. The van der Waals surface area contributed by atoms with E-state index in [1.165, 1.54) is 0 Å². The fraction of sp³-hybridized carbons (Fsp3) is 0.739. The van der Waals surface area contributed by atoms with Crippen LogP contribution in [0.15, 0.2) is 12.1 Å². The standard InChI is InChI=1S/C23H37F2N3O3S/c1-15-13-28(14-16(2)31-15)20-11-10-19(21(24)22(20)25)26-12-17-6-8-18(9-7-17)27-32(29,30)23(3,4)5/h10-11,15-18,26-27H,6-9,12-14H2,1-5H3/t15-,16+,17-,18-. The molecule has 1 saturated heterocycles. The van der Waals surface area contributed by atoms with Gasteiger partial charge >= 0.3 is 0 Å². The molecule has 32 heavy (non-hydrogen) atoms. The fourth-order valence-corrected chi connectivity index (χ4v) is 5.46. The highest BCUT2D eigenvalue weighted by Gasteiger charge is 2.33. The van der Waals surface area contributed by atoms with Crippen LogP contribution in [0.5, 0.6) is 0 Å². The van der Waals surface area contributed by atoms with Crippen molar-refractivity contribution in [1.29, 1.82) is 0 Å². The summed E-state index contributed by atoms with van der Waals surface area (Å²) in [6.07, 6.45) is 3.06. The minimum Gasteiger partial charge on any atom is -0.382 e. The summed E-state index contributed by atoms with van der Waals surface area (Å²) in [6, 6.07) is 3.16. The van der Waals surface area contributed by atoms with Gasteiger partial charge < -0.3 is 15.0 Å². The first-order chi connectivity index (χ1) is 14.9. The Labute approximate surface area is 191 Å². The van der Waals surface area contributed by atoms with E-state index < -0.39 is 26.4 Å². The van der Waals surface area contributed by atoms with E-state index in [9.17, 15) is 17.2 Å². The Kier molecular flexibility index (Phi) is 7.72. The third-order valence-corrected chi connectivity index (χ3v) is 8.63. The normalized spacial score (nSPS) is 27.4. The summed E-state index contributed by atoms with van der Waals surface area (Å²) >= 11 is 0. The number of anilines is 2. The molecule has 2 N–H and O–H groups in total. The molecular formula is C23H37F2N3O3S. The minimum absolute atomic E-state index is 0.0398. The topological polar surface area (TPSA) is 70.7 Å². The van der Waals surface area contributed by atoms with E-state index in [-0.39, 0.29) is 35.5 Å². The van der Waals surface area contributed by atoms with E-state index in [1.54, 1.807) is 32.9 Å². The lowest BCUT2D eigenvalue weighted by molar-refractivity contribution is -0.00542. The molecule has 1 aromatic rings. The van der Waals surface area contributed by atoms with Crippen molar-refractivity contribution in [2.75, 3.05) is 29.9 Å². The first-order valence-corrected chi connectivity index (χ1v) is 13.0. The number of nitrogens with one attached hydrogen (secondary N) is 2. The highest BCUT2D eigenvalue weighted by atomic mass is 32.2. The fourth-order valence-electron chi connectivity index (χ4n) is 4.43. The predicted octanol–water partition coefficient (Wildman–Crippen LogP) is 4.27. The Hall–Kier alpha value is -1.45. The van der Waals surface area contributed by atoms with Gasteiger partial charge in [0.25, 0.3) is 0 Å². The lowest BCUT2D eigenvalue weighted by Crippen LogP contribution is -2.46. The maximum atomic E-state index is 14.8. The Morgan fingerprint density at radius 3 is 2.19 bits per heavy atom. The smallest absolute Gasteiger partial charge is 0.216 e. The molecule has 0 radical (unpaired) electrons. The second kappa shape index (κ2) is 9.81. The number of ether oxygens (including phenoxy) is 1. The molecule has 2 atom stereocenters. The van der Waals surface area contributed by atoms with Crippen LogP contribution >= 0.6 is 0 Å². The number of hydrogen-bond donors (Lipinski definition) is 2. The van der Waals surface area contributed by atoms with Crippen molar-refractivity contribution < 1.29 is 21.9 Å². The number of halogens is 2. The van der Waals surface area contributed by atoms with Gasteiger partial charge in [0.05, 0.1) is 28.3 Å². The average molecular weight is 474 g/mol. The molecule has 1 saturated carbocycles. The van der Waals surface area contributed by atoms with Gasteiger partial charge in [-0.25, -0.2) is 21.9 Å². The molecule has 2 fully saturated rings. The van der Waals surface area contributed by atoms with Gasteiger partial charge in [-0.3, -0.25) is 0 Å². The molecule has 9 heteroatoms. The molecule has 6 nitrogen and oxygen atoms in total. The van der Waals surface area contributed by atoms with Crippen molar-refractivity contribution in [3.05, 3.63) is 23.8 Å². The van der Waals surface area contributed by atoms with Crippen LogP contribution < -0.4 is 14.9 Å². The summed E-state index contributed by atoms with van der Waals surface area (Å²) < 4.78 is 61.9. The molecule has 0 aromatic heterocycles. The zero-order valence-electron chi connectivity index (χ0n) is 19.7. The van der Waals surface area contributed by atoms with Gasteiger partial charge in [-0.15, -0.1) is 0 Å². The molecule has 1 aromatic carbocycles. The molecular weight excluding hydrogens is 436 g/mol. The van der Waals surface area contributed by atoms with Gasteiger partial charge in [0.15, 0.2) is 11.6 Å². The molecule has 3 rings (SSSR count).